The second-order valence-corrected chi connectivity index (χ2v) is 25.9. The summed E-state index contributed by atoms with van der Waals surface area (Å²) in [6.45, 7) is 31.0. The van der Waals surface area contributed by atoms with Crippen LogP contribution in [0.4, 0.5) is 0 Å². The third-order valence-electron chi connectivity index (χ3n) is 10.0. The fourth-order valence-corrected chi connectivity index (χ4v) is 7.17. The van der Waals surface area contributed by atoms with E-state index in [2.05, 4.69) is 125 Å². The smallest absolute Gasteiger partial charge is 0.192 e. The Morgan fingerprint density at radius 1 is 0.791 bits per heavy atom. The molecule has 7 heteroatoms. The lowest BCUT2D eigenvalue weighted by Gasteiger charge is -2.37. The van der Waals surface area contributed by atoms with Crippen LogP contribution >= 0.6 is 11.3 Å². The number of benzene rings is 1. The van der Waals surface area contributed by atoms with Gasteiger partial charge in [0.15, 0.2) is 16.6 Å². The van der Waals surface area contributed by atoms with E-state index in [9.17, 15) is 5.11 Å². The van der Waals surface area contributed by atoms with Crippen LogP contribution in [0.3, 0.4) is 0 Å². The van der Waals surface area contributed by atoms with Gasteiger partial charge in [-0.25, -0.2) is 0 Å². The van der Waals surface area contributed by atoms with Gasteiger partial charge in [0.25, 0.3) is 0 Å². The zero-order valence-corrected chi connectivity index (χ0v) is 32.5. The molecule has 43 heavy (non-hydrogen) atoms. The molecule has 0 aliphatic carbocycles. The van der Waals surface area contributed by atoms with Crippen LogP contribution in [-0.4, -0.2) is 27.3 Å². The first kappa shape index (κ1) is 38.0. The Bertz CT molecular complexity index is 1180. The molecule has 244 valence electrons. The number of hydrogen-bond donors (Lipinski definition) is 1. The minimum Gasteiger partial charge on any atom is -0.488 e. The highest BCUT2D eigenvalue weighted by atomic mass is 32.1. The Kier molecular flexibility index (Phi) is 13.6. The Balaban J connectivity index is 2.19. The van der Waals surface area contributed by atoms with Crippen LogP contribution < -0.4 is 4.74 Å². The van der Waals surface area contributed by atoms with Gasteiger partial charge < -0.3 is 18.7 Å². The van der Waals surface area contributed by atoms with Crippen LogP contribution in [0.2, 0.25) is 36.3 Å². The molecule has 1 heterocycles. The highest BCUT2D eigenvalue weighted by Crippen LogP contribution is 2.39. The predicted octanol–water partition coefficient (Wildman–Crippen LogP) is 11.5. The van der Waals surface area contributed by atoms with Gasteiger partial charge in [-0.3, -0.25) is 0 Å². The van der Waals surface area contributed by atoms with Crippen LogP contribution in [-0.2, 0) is 28.7 Å². The molecule has 0 radical (unpaired) electrons. The van der Waals surface area contributed by atoms with E-state index in [4.69, 9.17) is 13.6 Å². The molecule has 1 aromatic heterocycles. The molecule has 0 fully saturated rings. The Labute approximate surface area is 270 Å². The summed E-state index contributed by atoms with van der Waals surface area (Å²) in [6, 6.07) is 10.8. The second kappa shape index (κ2) is 15.4. The number of thiophene rings is 1. The molecule has 1 N–H and O–H groups in total. The molecule has 0 amide bonds. The molecule has 0 spiro atoms. The van der Waals surface area contributed by atoms with Crippen molar-refractivity contribution in [2.75, 3.05) is 0 Å². The quantitative estimate of drug-likeness (QED) is 0.184. The van der Waals surface area contributed by atoms with Gasteiger partial charge >= 0.3 is 0 Å². The molecule has 1 aromatic carbocycles. The normalized spacial score (nSPS) is 14.0. The average Bonchev–Trinajstić information content (AvgIpc) is 3.40. The molecule has 0 saturated carbocycles. The molecule has 0 bridgehead atoms. The fraction of sp³-hybridized carbons (Fsp3) is 0.667. The van der Waals surface area contributed by atoms with Crippen molar-refractivity contribution >= 4 is 33.5 Å². The van der Waals surface area contributed by atoms with Gasteiger partial charge in [-0.15, -0.1) is 11.3 Å². The number of allylic oxidation sites excluding steroid dienone is 2. The lowest BCUT2D eigenvalue weighted by Crippen LogP contribution is -2.41. The van der Waals surface area contributed by atoms with Crippen molar-refractivity contribution in [2.45, 2.75) is 156 Å². The van der Waals surface area contributed by atoms with Crippen LogP contribution in [0.5, 0.6) is 5.75 Å². The molecular weight excluding hydrogens is 585 g/mol. The summed E-state index contributed by atoms with van der Waals surface area (Å²) in [4.78, 5) is 2.50. The van der Waals surface area contributed by atoms with Crippen molar-refractivity contribution in [1.29, 1.82) is 0 Å². The lowest BCUT2D eigenvalue weighted by atomic mass is 9.91. The molecular formula is C36H62O4SSi2. The molecule has 0 aliphatic rings. The number of aliphatic hydroxyl groups is 1. The van der Waals surface area contributed by atoms with Crippen molar-refractivity contribution in [3.8, 4) is 5.75 Å². The van der Waals surface area contributed by atoms with E-state index in [0.717, 1.165) is 43.4 Å². The highest BCUT2D eigenvalue weighted by molar-refractivity contribution is 7.13. The molecule has 4 nitrogen and oxygen atoms in total. The van der Waals surface area contributed by atoms with Gasteiger partial charge in [0, 0.05) is 9.75 Å². The third-order valence-corrected chi connectivity index (χ3v) is 20.1. The summed E-state index contributed by atoms with van der Waals surface area (Å²) < 4.78 is 19.6. The Morgan fingerprint density at radius 3 is 1.86 bits per heavy atom. The maximum Gasteiger partial charge on any atom is 0.192 e. The van der Waals surface area contributed by atoms with E-state index < -0.39 is 22.2 Å². The van der Waals surface area contributed by atoms with E-state index in [1.165, 1.54) is 20.9 Å². The standard InChI is InChI=1S/C36H62O4SSi2/c1-14-28(18-17-23-36(37,15-2)16-3)33-22-21-32(41-33)27-38-31-20-19-29(25-39-42(10,11)34(4,5)6)30(24-31)26-40-43(12,13)35(7,8)9/h18-22,24,37H,14-17,23,25-27H2,1-13H3/b28-18+. The number of rotatable bonds is 16. The maximum atomic E-state index is 10.7. The van der Waals surface area contributed by atoms with Gasteiger partial charge in [0.1, 0.15) is 12.4 Å². The molecule has 0 unspecified atom stereocenters. The summed E-state index contributed by atoms with van der Waals surface area (Å²) in [5.41, 5.74) is 3.14. The fourth-order valence-electron chi connectivity index (χ4n) is 4.24. The van der Waals surface area contributed by atoms with Gasteiger partial charge in [-0.05, 0) is 109 Å². The van der Waals surface area contributed by atoms with E-state index in [1.54, 1.807) is 11.3 Å². The predicted molar refractivity (Wildman–Crippen MR) is 192 cm³/mol. The summed E-state index contributed by atoms with van der Waals surface area (Å²) in [5, 5.41) is 11.0. The first-order valence-corrected chi connectivity index (χ1v) is 22.9. The Hall–Kier alpha value is -1.23. The average molecular weight is 647 g/mol. The first-order valence-electron chi connectivity index (χ1n) is 16.3. The zero-order valence-electron chi connectivity index (χ0n) is 29.7. The largest absolute Gasteiger partial charge is 0.488 e. The summed E-state index contributed by atoms with van der Waals surface area (Å²) >= 11 is 1.80. The van der Waals surface area contributed by atoms with Gasteiger partial charge in [0.05, 0.1) is 18.8 Å². The van der Waals surface area contributed by atoms with E-state index in [1.807, 2.05) is 0 Å². The van der Waals surface area contributed by atoms with Crippen molar-refractivity contribution in [1.82, 2.24) is 0 Å². The van der Waals surface area contributed by atoms with Crippen molar-refractivity contribution < 1.29 is 18.7 Å². The van der Waals surface area contributed by atoms with Crippen molar-refractivity contribution in [2.24, 2.45) is 0 Å². The molecule has 2 aromatic rings. The second-order valence-electron chi connectivity index (χ2n) is 15.1. The molecule has 0 saturated heterocycles. The first-order chi connectivity index (χ1) is 19.8. The van der Waals surface area contributed by atoms with Crippen molar-refractivity contribution in [3.63, 3.8) is 0 Å². The van der Waals surface area contributed by atoms with Gasteiger partial charge in [-0.2, -0.15) is 0 Å². The van der Waals surface area contributed by atoms with Gasteiger partial charge in [-0.1, -0.05) is 74.5 Å². The lowest BCUT2D eigenvalue weighted by molar-refractivity contribution is 0.0246. The highest BCUT2D eigenvalue weighted by Gasteiger charge is 2.38. The van der Waals surface area contributed by atoms with E-state index in [0.29, 0.717) is 19.8 Å². The summed E-state index contributed by atoms with van der Waals surface area (Å²) in [6.07, 6.45) is 6.60. The zero-order chi connectivity index (χ0) is 32.7. The summed E-state index contributed by atoms with van der Waals surface area (Å²) in [5.74, 6) is 0.865. The van der Waals surface area contributed by atoms with Crippen LogP contribution in [0.25, 0.3) is 5.57 Å². The van der Waals surface area contributed by atoms with Crippen LogP contribution in [0.15, 0.2) is 36.4 Å². The van der Waals surface area contributed by atoms with Crippen LogP contribution in [0.1, 0.15) is 115 Å². The van der Waals surface area contributed by atoms with E-state index in [-0.39, 0.29) is 10.1 Å². The number of ether oxygens (including phenoxy) is 1. The minimum atomic E-state index is -1.92. The number of hydrogen-bond acceptors (Lipinski definition) is 5. The molecule has 0 aliphatic heterocycles. The van der Waals surface area contributed by atoms with Crippen molar-refractivity contribution in [3.05, 3.63) is 57.3 Å². The summed E-state index contributed by atoms with van der Waals surface area (Å²) in [7, 11) is -3.80. The molecule has 0 atom stereocenters. The molecule has 2 rings (SSSR count). The maximum absolute atomic E-state index is 10.7. The van der Waals surface area contributed by atoms with Gasteiger partial charge in [0.2, 0.25) is 0 Å². The Morgan fingerprint density at radius 2 is 1.35 bits per heavy atom. The van der Waals surface area contributed by atoms with Crippen LogP contribution in [0, 0.1) is 0 Å². The monoisotopic (exact) mass is 646 g/mol. The topological polar surface area (TPSA) is 47.9 Å². The SMILES string of the molecule is CC/C(=C\CCC(O)(CC)CC)c1ccc(COc2ccc(CO[Si](C)(C)C(C)(C)C)c(CO[Si](C)(C)C(C)(C)C)c2)s1. The third kappa shape index (κ3) is 11.0. The minimum absolute atomic E-state index is 0.148. The van der Waals surface area contributed by atoms with E-state index >= 15 is 0 Å².